The van der Waals surface area contributed by atoms with Crippen molar-refractivity contribution < 1.29 is 47.0 Å². The maximum atomic E-state index is 17.7. The van der Waals surface area contributed by atoms with E-state index >= 15 is 8.78 Å². The molecular formula is C34H36F2O8S. The minimum atomic E-state index is -2.34. The third-order valence-electron chi connectivity index (χ3n) is 11.0. The minimum absolute atomic E-state index is 0.00393. The Labute approximate surface area is 264 Å². The third-order valence-corrected chi connectivity index (χ3v) is 11.9. The van der Waals surface area contributed by atoms with E-state index < -0.39 is 69.0 Å². The fourth-order valence-corrected chi connectivity index (χ4v) is 9.66. The van der Waals surface area contributed by atoms with Gasteiger partial charge in [0.05, 0.1) is 24.0 Å². The van der Waals surface area contributed by atoms with Gasteiger partial charge in [0.25, 0.3) is 0 Å². The highest BCUT2D eigenvalue weighted by Crippen LogP contribution is 2.72. The lowest BCUT2D eigenvalue weighted by Crippen LogP contribution is -2.70. The largest absolute Gasteiger partial charge is 0.457 e. The van der Waals surface area contributed by atoms with Gasteiger partial charge in [-0.1, -0.05) is 43.5 Å². The Bertz CT molecular complexity index is 1540. The Balaban J connectivity index is 1.33. The zero-order valence-electron chi connectivity index (χ0n) is 25.3. The number of carbonyl (C=O) groups is 4. The molecule has 0 aromatic carbocycles. The first-order valence-corrected chi connectivity index (χ1v) is 16.3. The Hall–Kier alpha value is -3.23. The Morgan fingerprint density at radius 2 is 1.93 bits per heavy atom. The van der Waals surface area contributed by atoms with Crippen LogP contribution >= 0.6 is 11.8 Å². The van der Waals surface area contributed by atoms with Gasteiger partial charge in [0.1, 0.15) is 6.17 Å². The maximum Gasteiger partial charge on any atom is 0.375 e. The molecule has 5 aliphatic rings. The average molecular weight is 643 g/mol. The molecule has 0 aliphatic heterocycles. The van der Waals surface area contributed by atoms with E-state index in [0.717, 1.165) is 30.7 Å². The van der Waals surface area contributed by atoms with Crippen molar-refractivity contribution in [3.63, 3.8) is 0 Å². The fraction of sp³-hybridized carbons (Fsp3) is 0.588. The second-order valence-corrected chi connectivity index (χ2v) is 14.4. The molecule has 0 radical (unpaired) electrons. The van der Waals surface area contributed by atoms with Gasteiger partial charge in [0, 0.05) is 22.7 Å². The van der Waals surface area contributed by atoms with E-state index in [0.29, 0.717) is 0 Å². The molecule has 0 saturated heterocycles. The van der Waals surface area contributed by atoms with Crippen LogP contribution in [0.3, 0.4) is 0 Å². The number of aliphatic hydroxyl groups excluding tert-OH is 1. The van der Waals surface area contributed by atoms with Crippen molar-refractivity contribution in [2.75, 3.05) is 12.4 Å². The molecule has 45 heavy (non-hydrogen) atoms. The SMILES string of the molecule is C[C@@H]1C[C@H]2[C@@H]3C[C@H](F)C4=CC(=O)C=C[C@]4(C)[C@@]3(F)[C@@H](O)C[C@]2(C)[C@@]1(OC(=O)c1ccco1)C(=O)SCC#CCOC(=O)C1CC1. The van der Waals surface area contributed by atoms with E-state index in [-0.39, 0.29) is 54.8 Å². The number of ketones is 1. The molecule has 240 valence electrons. The first-order chi connectivity index (χ1) is 21.3. The van der Waals surface area contributed by atoms with Crippen molar-refractivity contribution in [2.24, 2.45) is 34.5 Å². The number of carbonyl (C=O) groups excluding carboxylic acids is 4. The molecule has 0 spiro atoms. The molecule has 6 rings (SSSR count). The number of hydrogen-bond donors (Lipinski definition) is 1. The van der Waals surface area contributed by atoms with Crippen LogP contribution in [0.15, 0.2) is 46.6 Å². The summed E-state index contributed by atoms with van der Waals surface area (Å²) in [4.78, 5) is 51.6. The highest BCUT2D eigenvalue weighted by atomic mass is 32.2. The number of hydrogen-bond acceptors (Lipinski definition) is 9. The number of ether oxygens (including phenoxy) is 2. The standard InChI is InChI=1S/C34H36F2O8S/c1-19-15-22-23-17-25(35)24-16-21(37)10-11-31(24,2)33(23,36)27(38)18-32(22,3)34(19,44-29(40)26-7-6-13-42-26)30(41)45-14-5-4-12-43-28(39)20-8-9-20/h6-7,10-11,13,16,19-20,22-23,25,27,38H,8-9,12,14-15,17-18H2,1-3H3/t19-,22+,23+,25+,27+,31+,32+,33+,34+/m1/s1. The summed E-state index contributed by atoms with van der Waals surface area (Å²) >= 11 is 0.827. The van der Waals surface area contributed by atoms with Gasteiger partial charge in [-0.25, -0.2) is 13.6 Å². The molecule has 0 bridgehead atoms. The van der Waals surface area contributed by atoms with Crippen molar-refractivity contribution >= 4 is 34.6 Å². The summed E-state index contributed by atoms with van der Waals surface area (Å²) in [5.41, 5.74) is -7.05. The summed E-state index contributed by atoms with van der Waals surface area (Å²) in [6.45, 7) is 4.86. The molecular weight excluding hydrogens is 606 g/mol. The number of esters is 2. The highest BCUT2D eigenvalue weighted by Gasteiger charge is 2.78. The van der Waals surface area contributed by atoms with Crippen molar-refractivity contribution in [1.29, 1.82) is 0 Å². The number of aliphatic hydroxyl groups is 1. The van der Waals surface area contributed by atoms with Gasteiger partial charge >= 0.3 is 11.9 Å². The summed E-state index contributed by atoms with van der Waals surface area (Å²) in [6.07, 6.45) is 2.99. The summed E-state index contributed by atoms with van der Waals surface area (Å²) < 4.78 is 50.1. The molecule has 1 heterocycles. The number of halogens is 2. The zero-order chi connectivity index (χ0) is 32.4. The van der Waals surface area contributed by atoms with E-state index in [1.54, 1.807) is 13.8 Å². The monoisotopic (exact) mass is 642 g/mol. The van der Waals surface area contributed by atoms with Crippen molar-refractivity contribution in [2.45, 2.75) is 76.4 Å². The highest BCUT2D eigenvalue weighted by molar-refractivity contribution is 8.14. The van der Waals surface area contributed by atoms with E-state index in [1.165, 1.54) is 37.5 Å². The second-order valence-electron chi connectivity index (χ2n) is 13.4. The summed E-state index contributed by atoms with van der Waals surface area (Å²) in [5, 5.41) is 11.2. The lowest BCUT2D eigenvalue weighted by atomic mass is 9.44. The van der Waals surface area contributed by atoms with E-state index in [1.807, 2.05) is 0 Å². The molecule has 1 aromatic heterocycles. The van der Waals surface area contributed by atoms with Crippen molar-refractivity contribution in [3.05, 3.63) is 48.0 Å². The van der Waals surface area contributed by atoms with E-state index in [2.05, 4.69) is 11.8 Å². The fourth-order valence-electron chi connectivity index (χ4n) is 8.66. The molecule has 5 aliphatic carbocycles. The predicted molar refractivity (Wildman–Crippen MR) is 159 cm³/mol. The van der Waals surface area contributed by atoms with Gasteiger partial charge in [0.2, 0.25) is 10.9 Å². The summed E-state index contributed by atoms with van der Waals surface area (Å²) in [5.74, 6) is 1.40. The molecule has 0 unspecified atom stereocenters. The topological polar surface area (TPSA) is 120 Å². The van der Waals surface area contributed by atoms with Crippen LogP contribution in [-0.2, 0) is 23.9 Å². The van der Waals surface area contributed by atoms with Gasteiger partial charge < -0.3 is 19.0 Å². The van der Waals surface area contributed by atoms with Crippen LogP contribution in [0.4, 0.5) is 8.78 Å². The maximum absolute atomic E-state index is 17.7. The summed E-state index contributed by atoms with van der Waals surface area (Å²) in [6, 6.07) is 2.91. The van der Waals surface area contributed by atoms with Gasteiger partial charge in [-0.15, -0.1) is 0 Å². The number of thioether (sulfide) groups is 1. The minimum Gasteiger partial charge on any atom is -0.457 e. The van der Waals surface area contributed by atoms with Gasteiger partial charge in [0.15, 0.2) is 23.7 Å². The van der Waals surface area contributed by atoms with Crippen molar-refractivity contribution in [3.8, 4) is 11.8 Å². The number of fused-ring (bicyclic) bond motifs is 5. The molecule has 9 atom stereocenters. The Morgan fingerprint density at radius 1 is 1.18 bits per heavy atom. The van der Waals surface area contributed by atoms with Crippen LogP contribution in [0.1, 0.15) is 63.4 Å². The van der Waals surface area contributed by atoms with Crippen LogP contribution in [0.5, 0.6) is 0 Å². The lowest BCUT2D eigenvalue weighted by molar-refractivity contribution is -0.221. The molecule has 0 amide bonds. The quantitative estimate of drug-likeness (QED) is 0.339. The number of allylic oxidation sites excluding steroid dienone is 4. The van der Waals surface area contributed by atoms with Crippen LogP contribution in [-0.4, -0.2) is 63.8 Å². The predicted octanol–water partition coefficient (Wildman–Crippen LogP) is 4.96. The van der Waals surface area contributed by atoms with Crippen LogP contribution in [0.25, 0.3) is 0 Å². The summed E-state index contributed by atoms with van der Waals surface area (Å²) in [7, 11) is 0. The molecule has 4 fully saturated rings. The Kier molecular flexibility index (Phi) is 7.92. The van der Waals surface area contributed by atoms with Gasteiger partial charge in [-0.2, -0.15) is 0 Å². The molecule has 11 heteroatoms. The van der Waals surface area contributed by atoms with E-state index in [4.69, 9.17) is 13.9 Å². The average Bonchev–Trinajstić information content (AvgIpc) is 3.65. The zero-order valence-corrected chi connectivity index (χ0v) is 26.2. The van der Waals surface area contributed by atoms with Crippen LogP contribution in [0, 0.1) is 46.3 Å². The molecule has 4 saturated carbocycles. The third kappa shape index (κ3) is 4.73. The van der Waals surface area contributed by atoms with Gasteiger partial charge in [-0.3, -0.25) is 14.4 Å². The van der Waals surface area contributed by atoms with E-state index in [9.17, 15) is 24.3 Å². The smallest absolute Gasteiger partial charge is 0.375 e. The first-order valence-electron chi connectivity index (χ1n) is 15.3. The number of furan rings is 1. The second kappa shape index (κ2) is 11.2. The first kappa shape index (κ1) is 31.7. The van der Waals surface area contributed by atoms with Crippen molar-refractivity contribution in [1.82, 2.24) is 0 Å². The number of alkyl halides is 2. The van der Waals surface area contributed by atoms with Crippen LogP contribution in [0.2, 0.25) is 0 Å². The lowest BCUT2D eigenvalue weighted by Gasteiger charge is -2.63. The Morgan fingerprint density at radius 3 is 2.62 bits per heavy atom. The van der Waals surface area contributed by atoms with Gasteiger partial charge in [-0.05, 0) is 74.8 Å². The molecule has 8 nitrogen and oxygen atoms in total. The normalized spacial score (nSPS) is 39.8. The molecule has 1 N–H and O–H groups in total. The molecule has 1 aromatic rings. The van der Waals surface area contributed by atoms with Crippen LogP contribution < -0.4 is 0 Å². The number of rotatable bonds is 6.